The average Bonchev–Trinajstić information content (AvgIpc) is 2.64. The third-order valence-corrected chi connectivity index (χ3v) is 3.81. The standard InChI is InChI=1S/C10H6N2O3.C9H8N2O2/c1-5-3-6(11-2)4-7-8(5)12-10(14)15-9(7)13;1-5-3-6(11-2)4-7(8(5)10)9(12)13/h3-4H,1H3,(H,12,14);3-4H,10H2,1H3,(H,12,13). The number of aromatic carboxylic acids is 1. The summed E-state index contributed by atoms with van der Waals surface area (Å²) in [5.74, 6) is -1.89. The molecule has 0 saturated heterocycles. The zero-order valence-corrected chi connectivity index (χ0v) is 14.9. The fourth-order valence-corrected chi connectivity index (χ4v) is 2.45. The van der Waals surface area contributed by atoms with Gasteiger partial charge in [0.1, 0.15) is 0 Å². The first-order valence-electron chi connectivity index (χ1n) is 7.74. The molecule has 140 valence electrons. The van der Waals surface area contributed by atoms with Gasteiger partial charge in [-0.2, -0.15) is 0 Å². The molecule has 0 radical (unpaired) electrons. The van der Waals surface area contributed by atoms with Gasteiger partial charge in [-0.1, -0.05) is 12.1 Å². The Labute approximate surface area is 158 Å². The lowest BCUT2D eigenvalue weighted by molar-refractivity contribution is 0.0698. The number of nitrogen functional groups attached to an aromatic ring is 1. The number of anilines is 1. The van der Waals surface area contributed by atoms with Gasteiger partial charge in [-0.25, -0.2) is 24.1 Å². The molecule has 4 N–H and O–H groups in total. The van der Waals surface area contributed by atoms with Gasteiger partial charge in [0.05, 0.1) is 29.6 Å². The number of nitrogens with two attached hydrogens (primary N) is 1. The van der Waals surface area contributed by atoms with E-state index in [1.165, 1.54) is 12.1 Å². The Morgan fingerprint density at radius 1 is 1.07 bits per heavy atom. The predicted molar refractivity (Wildman–Crippen MR) is 103 cm³/mol. The lowest BCUT2D eigenvalue weighted by atomic mass is 10.1. The molecule has 0 atom stereocenters. The molecule has 9 heteroatoms. The van der Waals surface area contributed by atoms with E-state index < -0.39 is 17.4 Å². The van der Waals surface area contributed by atoms with Crippen molar-refractivity contribution in [3.8, 4) is 0 Å². The number of aryl methyl sites for hydroxylation is 2. The maximum absolute atomic E-state index is 11.3. The molecule has 9 nitrogen and oxygen atoms in total. The average molecular weight is 378 g/mol. The number of hydrogen-bond donors (Lipinski definition) is 3. The van der Waals surface area contributed by atoms with Gasteiger partial charge in [-0.3, -0.25) is 4.98 Å². The molecule has 3 aromatic rings. The van der Waals surface area contributed by atoms with E-state index in [0.717, 1.165) is 0 Å². The molecular formula is C19H14N4O5. The molecule has 0 aliphatic rings. The fourth-order valence-electron chi connectivity index (χ4n) is 2.45. The highest BCUT2D eigenvalue weighted by Gasteiger charge is 2.11. The summed E-state index contributed by atoms with van der Waals surface area (Å²) >= 11 is 0. The normalized spacial score (nSPS) is 9.71. The number of H-pyrrole nitrogens is 1. The zero-order valence-electron chi connectivity index (χ0n) is 14.9. The van der Waals surface area contributed by atoms with Crippen LogP contribution in [0.2, 0.25) is 0 Å². The predicted octanol–water partition coefficient (Wildman–Crippen LogP) is 3.17. The molecule has 0 bridgehead atoms. The molecule has 0 saturated carbocycles. The molecule has 28 heavy (non-hydrogen) atoms. The van der Waals surface area contributed by atoms with Crippen LogP contribution in [0.5, 0.6) is 0 Å². The summed E-state index contributed by atoms with van der Waals surface area (Å²) in [5, 5.41) is 8.95. The maximum atomic E-state index is 11.3. The molecule has 1 aromatic heterocycles. The summed E-state index contributed by atoms with van der Waals surface area (Å²) in [6, 6.07) is 5.84. The Hall–Kier alpha value is -4.37. The van der Waals surface area contributed by atoms with Crippen molar-refractivity contribution >= 4 is 33.9 Å². The van der Waals surface area contributed by atoms with Crippen molar-refractivity contribution in [2.45, 2.75) is 13.8 Å². The number of carbonyl (C=O) groups is 1. The van der Waals surface area contributed by atoms with Crippen molar-refractivity contribution in [1.29, 1.82) is 0 Å². The van der Waals surface area contributed by atoms with Gasteiger partial charge < -0.3 is 15.3 Å². The summed E-state index contributed by atoms with van der Waals surface area (Å²) in [5.41, 5.74) is 7.37. The fraction of sp³-hybridized carbons (Fsp3) is 0.105. The summed E-state index contributed by atoms with van der Waals surface area (Å²) in [6.07, 6.45) is 0. The van der Waals surface area contributed by atoms with E-state index in [1.807, 2.05) is 0 Å². The molecule has 3 rings (SSSR count). The smallest absolute Gasteiger partial charge is 0.419 e. The van der Waals surface area contributed by atoms with Crippen molar-refractivity contribution in [1.82, 2.24) is 4.98 Å². The second-order valence-electron chi connectivity index (χ2n) is 5.74. The number of benzene rings is 2. The Morgan fingerprint density at radius 3 is 2.21 bits per heavy atom. The second kappa shape index (κ2) is 7.89. The summed E-state index contributed by atoms with van der Waals surface area (Å²) in [7, 11) is 0. The second-order valence-corrected chi connectivity index (χ2v) is 5.74. The largest absolute Gasteiger partial charge is 0.478 e. The van der Waals surface area contributed by atoms with Gasteiger partial charge in [-0.05, 0) is 37.1 Å². The number of nitrogens with zero attached hydrogens (tertiary/aromatic N) is 2. The maximum Gasteiger partial charge on any atom is 0.419 e. The van der Waals surface area contributed by atoms with E-state index in [9.17, 15) is 14.4 Å². The highest BCUT2D eigenvalue weighted by molar-refractivity contribution is 5.95. The topological polar surface area (TPSA) is 135 Å². The molecule has 1 heterocycles. The number of carboxylic acids is 1. The molecule has 2 aromatic carbocycles. The van der Waals surface area contributed by atoms with Crippen molar-refractivity contribution in [2.75, 3.05) is 5.73 Å². The third-order valence-electron chi connectivity index (χ3n) is 3.81. The first kappa shape index (κ1) is 19.9. The van der Waals surface area contributed by atoms with Gasteiger partial charge in [-0.15, -0.1) is 0 Å². The van der Waals surface area contributed by atoms with Gasteiger partial charge in [0.15, 0.2) is 11.4 Å². The minimum absolute atomic E-state index is 0.00833. The number of aromatic amines is 1. The highest BCUT2D eigenvalue weighted by Crippen LogP contribution is 2.24. The number of nitrogens with one attached hydrogen (secondary N) is 1. The van der Waals surface area contributed by atoms with E-state index in [-0.39, 0.29) is 16.6 Å². The van der Waals surface area contributed by atoms with Gasteiger partial charge in [0.2, 0.25) is 0 Å². The van der Waals surface area contributed by atoms with Crippen LogP contribution in [0.3, 0.4) is 0 Å². The van der Waals surface area contributed by atoms with Crippen LogP contribution in [0.25, 0.3) is 20.6 Å². The van der Waals surface area contributed by atoms with E-state index in [2.05, 4.69) is 19.1 Å². The SMILES string of the molecule is [C-]#[N+]c1cc(C)c(N)c(C(=O)O)c1.[C-]#[N+]c1cc(C)c2[nH]c(=O)oc(=O)c2c1. The first-order chi connectivity index (χ1) is 13.2. The number of aromatic nitrogens is 1. The number of hydrogen-bond acceptors (Lipinski definition) is 5. The quantitative estimate of drug-likeness (QED) is 0.440. The Kier molecular flexibility index (Phi) is 5.62. The Balaban J connectivity index is 0.000000203. The minimum atomic E-state index is -1.11. The van der Waals surface area contributed by atoms with Crippen LogP contribution in [0, 0.1) is 27.0 Å². The lowest BCUT2D eigenvalue weighted by Gasteiger charge is -2.04. The number of fused-ring (bicyclic) bond motifs is 1. The van der Waals surface area contributed by atoms with Crippen molar-refractivity contribution in [2.24, 2.45) is 0 Å². The van der Waals surface area contributed by atoms with Crippen molar-refractivity contribution in [3.05, 3.63) is 84.8 Å². The molecule has 0 amide bonds. The van der Waals surface area contributed by atoms with Crippen LogP contribution >= 0.6 is 0 Å². The van der Waals surface area contributed by atoms with Gasteiger partial charge in [0.25, 0.3) is 0 Å². The van der Waals surface area contributed by atoms with E-state index in [0.29, 0.717) is 28.0 Å². The van der Waals surface area contributed by atoms with Crippen LogP contribution in [0.4, 0.5) is 17.1 Å². The van der Waals surface area contributed by atoms with Crippen LogP contribution in [-0.4, -0.2) is 16.1 Å². The summed E-state index contributed by atoms with van der Waals surface area (Å²) in [6.45, 7) is 17.0. The van der Waals surface area contributed by atoms with E-state index in [1.54, 1.807) is 26.0 Å². The monoisotopic (exact) mass is 378 g/mol. The van der Waals surface area contributed by atoms with E-state index >= 15 is 0 Å². The molecule has 0 fully saturated rings. The number of carboxylic acid groups (broad SMARTS) is 1. The summed E-state index contributed by atoms with van der Waals surface area (Å²) < 4.78 is 4.38. The minimum Gasteiger partial charge on any atom is -0.478 e. The zero-order chi connectivity index (χ0) is 21.0. The van der Waals surface area contributed by atoms with Crippen molar-refractivity contribution < 1.29 is 14.3 Å². The van der Waals surface area contributed by atoms with Crippen LogP contribution < -0.4 is 17.1 Å². The lowest BCUT2D eigenvalue weighted by Crippen LogP contribution is -2.14. The van der Waals surface area contributed by atoms with E-state index in [4.69, 9.17) is 24.0 Å². The number of rotatable bonds is 1. The Bertz CT molecular complexity index is 1290. The molecule has 0 unspecified atom stereocenters. The van der Waals surface area contributed by atoms with Crippen LogP contribution in [-0.2, 0) is 0 Å². The Morgan fingerprint density at radius 2 is 1.64 bits per heavy atom. The first-order valence-corrected chi connectivity index (χ1v) is 7.74. The molecular weight excluding hydrogens is 364 g/mol. The summed E-state index contributed by atoms with van der Waals surface area (Å²) in [4.78, 5) is 41.7. The van der Waals surface area contributed by atoms with Gasteiger partial charge >= 0.3 is 17.4 Å². The van der Waals surface area contributed by atoms with Gasteiger partial charge in [0, 0.05) is 5.69 Å². The van der Waals surface area contributed by atoms with Crippen LogP contribution in [0.15, 0.2) is 38.3 Å². The highest BCUT2D eigenvalue weighted by atomic mass is 16.4. The van der Waals surface area contributed by atoms with Crippen LogP contribution in [0.1, 0.15) is 21.5 Å². The molecule has 0 aliphatic heterocycles. The van der Waals surface area contributed by atoms with Crippen molar-refractivity contribution in [3.63, 3.8) is 0 Å². The molecule has 0 spiro atoms. The molecule has 0 aliphatic carbocycles. The third kappa shape index (κ3) is 4.06.